The maximum absolute atomic E-state index is 13.2. The molecule has 1 aromatic heterocycles. The molecular weight excluding hydrogens is 188 g/mol. The Bertz CT molecular complexity index is 450. The summed E-state index contributed by atoms with van der Waals surface area (Å²) in [5, 5.41) is 9.03. The number of aliphatic hydroxyl groups excluding tert-OH is 1. The van der Waals surface area contributed by atoms with Crippen LogP contribution in [0.25, 0.3) is 10.9 Å². The molecule has 2 aromatic rings. The Morgan fingerprint density at radius 1 is 1.29 bits per heavy atom. The molecule has 4 heteroatoms. The fraction of sp³-hybridized carbons (Fsp3) is 0.200. The van der Waals surface area contributed by atoms with Crippen molar-refractivity contribution in [3.05, 3.63) is 36.0 Å². The predicted octanol–water partition coefficient (Wildman–Crippen LogP) is 2.25. The molecule has 0 aliphatic rings. The normalized spacial score (nSPS) is 12.2. The lowest BCUT2D eigenvalue weighted by Crippen LogP contribution is -2.18. The maximum atomic E-state index is 13.2. The van der Waals surface area contributed by atoms with Gasteiger partial charge in [-0.25, -0.2) is 0 Å². The van der Waals surface area contributed by atoms with Gasteiger partial charge in [0.2, 0.25) is 0 Å². The molecule has 2 rings (SSSR count). The number of halogens is 2. The van der Waals surface area contributed by atoms with E-state index in [1.54, 1.807) is 18.3 Å². The van der Waals surface area contributed by atoms with Gasteiger partial charge in [0, 0.05) is 22.7 Å². The summed E-state index contributed by atoms with van der Waals surface area (Å²) in [6, 6.07) is 6.16. The van der Waals surface area contributed by atoms with Gasteiger partial charge in [-0.3, -0.25) is 0 Å². The average molecular weight is 197 g/mol. The second-order valence-corrected chi connectivity index (χ2v) is 3.11. The zero-order valence-electron chi connectivity index (χ0n) is 7.30. The molecule has 0 saturated carbocycles. The molecule has 0 radical (unpaired) electrons. The Morgan fingerprint density at radius 3 is 2.79 bits per heavy atom. The summed E-state index contributed by atoms with van der Waals surface area (Å²) in [7, 11) is 0. The molecule has 14 heavy (non-hydrogen) atoms. The van der Waals surface area contributed by atoms with Crippen LogP contribution in [0, 0.1) is 0 Å². The summed E-state index contributed by atoms with van der Waals surface area (Å²) in [5.41, 5.74) is 0.509. The number of hydrogen-bond acceptors (Lipinski definition) is 1. The monoisotopic (exact) mass is 197 g/mol. The van der Waals surface area contributed by atoms with Crippen LogP contribution < -0.4 is 0 Å². The van der Waals surface area contributed by atoms with Crippen LogP contribution in [0.15, 0.2) is 30.5 Å². The summed E-state index contributed by atoms with van der Waals surface area (Å²) in [6.07, 6.45) is 1.60. The van der Waals surface area contributed by atoms with Crippen molar-refractivity contribution in [1.29, 1.82) is 0 Å². The largest absolute Gasteiger partial charge is 0.390 e. The van der Waals surface area contributed by atoms with Crippen molar-refractivity contribution in [1.82, 2.24) is 4.98 Å². The van der Waals surface area contributed by atoms with Gasteiger partial charge in [0.15, 0.2) is 0 Å². The van der Waals surface area contributed by atoms with E-state index in [4.69, 9.17) is 5.11 Å². The number of aromatic nitrogens is 1. The first-order chi connectivity index (χ1) is 6.65. The lowest BCUT2D eigenvalue weighted by Gasteiger charge is -2.14. The molecule has 0 spiro atoms. The lowest BCUT2D eigenvalue weighted by atomic mass is 10.0. The molecule has 0 aliphatic heterocycles. The smallest absolute Gasteiger partial charge is 0.296 e. The maximum Gasteiger partial charge on any atom is 0.296 e. The highest BCUT2D eigenvalue weighted by Crippen LogP contribution is 2.32. The van der Waals surface area contributed by atoms with Crippen LogP contribution in [-0.2, 0) is 5.92 Å². The van der Waals surface area contributed by atoms with E-state index in [9.17, 15) is 8.78 Å². The summed E-state index contributed by atoms with van der Waals surface area (Å²) in [6.45, 7) is -1.17. The molecule has 0 atom stereocenters. The van der Waals surface area contributed by atoms with E-state index in [2.05, 4.69) is 4.98 Å². The zero-order valence-corrected chi connectivity index (χ0v) is 7.30. The Balaban J connectivity index is 2.67. The predicted molar refractivity (Wildman–Crippen MR) is 49.3 cm³/mol. The van der Waals surface area contributed by atoms with E-state index in [0.717, 1.165) is 0 Å². The fourth-order valence-corrected chi connectivity index (χ4v) is 1.49. The van der Waals surface area contributed by atoms with Gasteiger partial charge in [-0.1, -0.05) is 12.1 Å². The number of H-pyrrole nitrogens is 1. The molecule has 0 aliphatic carbocycles. The number of aromatic amines is 1. The second-order valence-electron chi connectivity index (χ2n) is 3.11. The van der Waals surface area contributed by atoms with Crippen molar-refractivity contribution in [2.45, 2.75) is 5.92 Å². The molecule has 0 saturated heterocycles. The quantitative estimate of drug-likeness (QED) is 0.761. The van der Waals surface area contributed by atoms with Crippen LogP contribution in [0.4, 0.5) is 8.78 Å². The van der Waals surface area contributed by atoms with Gasteiger partial charge >= 0.3 is 0 Å². The van der Waals surface area contributed by atoms with Gasteiger partial charge in [-0.15, -0.1) is 0 Å². The molecular formula is C10H9F2NO. The molecule has 1 heterocycles. The highest BCUT2D eigenvalue weighted by atomic mass is 19.3. The first-order valence-corrected chi connectivity index (χ1v) is 4.20. The van der Waals surface area contributed by atoms with E-state index in [1.807, 2.05) is 0 Å². The van der Waals surface area contributed by atoms with Crippen LogP contribution in [0.3, 0.4) is 0 Å². The van der Waals surface area contributed by atoms with E-state index in [-0.39, 0.29) is 5.56 Å². The molecule has 2 nitrogen and oxygen atoms in total. The number of rotatable bonds is 2. The Kier molecular flexibility index (Phi) is 2.00. The SMILES string of the molecule is OCC(F)(F)c1cccc2[nH]ccc12. The highest BCUT2D eigenvalue weighted by Gasteiger charge is 2.32. The number of alkyl halides is 2. The van der Waals surface area contributed by atoms with Gasteiger partial charge in [0.1, 0.15) is 6.61 Å². The lowest BCUT2D eigenvalue weighted by molar-refractivity contribution is -0.0543. The molecule has 2 N–H and O–H groups in total. The number of fused-ring (bicyclic) bond motifs is 1. The number of benzene rings is 1. The standard InChI is InChI=1S/C10H9F2NO/c11-10(12,6-14)8-2-1-3-9-7(8)4-5-13-9/h1-5,13-14H,6H2. The van der Waals surface area contributed by atoms with Crippen molar-refractivity contribution in [3.63, 3.8) is 0 Å². The molecule has 0 bridgehead atoms. The summed E-state index contributed by atoms with van der Waals surface area (Å²) >= 11 is 0. The van der Waals surface area contributed by atoms with Gasteiger partial charge in [0.25, 0.3) is 5.92 Å². The van der Waals surface area contributed by atoms with Crippen molar-refractivity contribution in [2.75, 3.05) is 6.61 Å². The van der Waals surface area contributed by atoms with E-state index in [1.165, 1.54) is 12.1 Å². The number of aliphatic hydroxyl groups is 1. The van der Waals surface area contributed by atoms with E-state index >= 15 is 0 Å². The van der Waals surface area contributed by atoms with Crippen LogP contribution in [-0.4, -0.2) is 16.7 Å². The Morgan fingerprint density at radius 2 is 2.07 bits per heavy atom. The fourth-order valence-electron chi connectivity index (χ4n) is 1.49. The van der Waals surface area contributed by atoms with E-state index < -0.39 is 12.5 Å². The summed E-state index contributed by atoms with van der Waals surface area (Å²) in [5.74, 6) is -3.18. The third-order valence-corrected chi connectivity index (χ3v) is 2.19. The summed E-state index contributed by atoms with van der Waals surface area (Å²) in [4.78, 5) is 2.84. The molecule has 0 fully saturated rings. The van der Waals surface area contributed by atoms with Crippen molar-refractivity contribution >= 4 is 10.9 Å². The first kappa shape index (κ1) is 9.15. The molecule has 0 amide bonds. The van der Waals surface area contributed by atoms with Crippen LogP contribution >= 0.6 is 0 Å². The third-order valence-electron chi connectivity index (χ3n) is 2.19. The third kappa shape index (κ3) is 1.28. The van der Waals surface area contributed by atoms with Crippen molar-refractivity contribution < 1.29 is 13.9 Å². The van der Waals surface area contributed by atoms with Crippen molar-refractivity contribution in [3.8, 4) is 0 Å². The van der Waals surface area contributed by atoms with Gasteiger partial charge < -0.3 is 10.1 Å². The average Bonchev–Trinajstić information content (AvgIpc) is 2.64. The Hall–Kier alpha value is -1.42. The first-order valence-electron chi connectivity index (χ1n) is 4.20. The van der Waals surface area contributed by atoms with Crippen LogP contribution in [0.2, 0.25) is 0 Å². The minimum absolute atomic E-state index is 0.140. The van der Waals surface area contributed by atoms with Crippen LogP contribution in [0.5, 0.6) is 0 Å². The number of nitrogens with one attached hydrogen (secondary N) is 1. The van der Waals surface area contributed by atoms with Gasteiger partial charge in [-0.2, -0.15) is 8.78 Å². The zero-order chi connectivity index (χ0) is 10.2. The second kappa shape index (κ2) is 3.06. The minimum atomic E-state index is -3.18. The molecule has 1 aromatic carbocycles. The number of hydrogen-bond donors (Lipinski definition) is 2. The minimum Gasteiger partial charge on any atom is -0.390 e. The van der Waals surface area contributed by atoms with Crippen molar-refractivity contribution in [2.24, 2.45) is 0 Å². The topological polar surface area (TPSA) is 36.0 Å². The van der Waals surface area contributed by atoms with Gasteiger partial charge in [0.05, 0.1) is 0 Å². The Labute approximate surface area is 79.2 Å². The van der Waals surface area contributed by atoms with E-state index in [0.29, 0.717) is 10.9 Å². The molecule has 0 unspecified atom stereocenters. The summed E-state index contributed by atoms with van der Waals surface area (Å²) < 4.78 is 26.5. The van der Waals surface area contributed by atoms with Crippen LogP contribution in [0.1, 0.15) is 5.56 Å². The molecule has 74 valence electrons. The highest BCUT2D eigenvalue weighted by molar-refractivity contribution is 5.83. The van der Waals surface area contributed by atoms with Gasteiger partial charge in [-0.05, 0) is 12.1 Å².